The molecule has 0 aliphatic heterocycles. The van der Waals surface area contributed by atoms with E-state index in [1.807, 2.05) is 0 Å². The van der Waals surface area contributed by atoms with Crippen molar-refractivity contribution in [2.75, 3.05) is 0 Å². The molecule has 5 heteroatoms. The Morgan fingerprint density at radius 1 is 1.40 bits per heavy atom. The predicted octanol–water partition coefficient (Wildman–Crippen LogP) is 1.38. The fourth-order valence-electron chi connectivity index (χ4n) is 1.33. The molecule has 4 nitrogen and oxygen atoms in total. The molecule has 0 bridgehead atoms. The number of hydrogen-bond acceptors (Lipinski definition) is 4. The Balaban J connectivity index is 2.78. The van der Waals surface area contributed by atoms with Crippen molar-refractivity contribution in [3.8, 4) is 5.88 Å². The summed E-state index contributed by atoms with van der Waals surface area (Å²) in [5.41, 5.74) is 6.15. The van der Waals surface area contributed by atoms with Crippen LogP contribution in [0.25, 0.3) is 10.9 Å². The highest BCUT2D eigenvalue weighted by Crippen LogP contribution is 2.27. The van der Waals surface area contributed by atoms with Gasteiger partial charge < -0.3 is 10.8 Å². The van der Waals surface area contributed by atoms with Crippen LogP contribution in [0.5, 0.6) is 5.88 Å². The lowest BCUT2D eigenvalue weighted by atomic mass is 10.2. The molecule has 2 N–H and O–H groups in total. The highest BCUT2D eigenvalue weighted by atomic mass is 35.5. The third kappa shape index (κ3) is 1.73. The van der Waals surface area contributed by atoms with Crippen molar-refractivity contribution in [1.29, 1.82) is 0 Å². The van der Waals surface area contributed by atoms with E-state index in [1.54, 1.807) is 25.1 Å². The van der Waals surface area contributed by atoms with E-state index in [1.165, 1.54) is 0 Å². The van der Waals surface area contributed by atoms with E-state index >= 15 is 0 Å². The summed E-state index contributed by atoms with van der Waals surface area (Å²) in [5, 5.41) is 12.4. The van der Waals surface area contributed by atoms with Crippen molar-refractivity contribution >= 4 is 22.5 Å². The largest absolute Gasteiger partial charge is 0.858 e. The van der Waals surface area contributed by atoms with Crippen molar-refractivity contribution in [2.24, 2.45) is 5.73 Å². The van der Waals surface area contributed by atoms with Crippen LogP contribution in [0.15, 0.2) is 18.2 Å². The third-order valence-electron chi connectivity index (χ3n) is 2.06. The zero-order valence-electron chi connectivity index (χ0n) is 8.07. The van der Waals surface area contributed by atoms with Crippen LogP contribution in [0.2, 0.25) is 5.02 Å². The van der Waals surface area contributed by atoms with Gasteiger partial charge in [0.15, 0.2) is 0 Å². The molecule has 0 spiro atoms. The molecule has 15 heavy (non-hydrogen) atoms. The molecule has 0 fully saturated rings. The van der Waals surface area contributed by atoms with Crippen LogP contribution in [0.1, 0.15) is 18.8 Å². The SMILES string of the molecule is CC(N)c1nc([O-])c2c(Cl)cccc2n1. The van der Waals surface area contributed by atoms with Crippen LogP contribution < -0.4 is 10.8 Å². The van der Waals surface area contributed by atoms with E-state index in [0.717, 1.165) is 0 Å². The number of nitrogens with zero attached hydrogens (tertiary/aromatic N) is 2. The van der Waals surface area contributed by atoms with Gasteiger partial charge in [0.25, 0.3) is 0 Å². The summed E-state index contributed by atoms with van der Waals surface area (Å²) in [5.74, 6) is -0.0346. The summed E-state index contributed by atoms with van der Waals surface area (Å²) in [6.07, 6.45) is 0. The summed E-state index contributed by atoms with van der Waals surface area (Å²) < 4.78 is 0. The summed E-state index contributed by atoms with van der Waals surface area (Å²) in [7, 11) is 0. The standard InChI is InChI=1S/C10H10ClN3O/c1-5(12)9-13-7-4-2-3-6(11)8(7)10(15)14-9/h2-5H,12H2,1H3,(H,13,14,15)/p-1. The molecular formula is C10H9ClN3O-. The Kier molecular flexibility index (Phi) is 2.46. The van der Waals surface area contributed by atoms with Gasteiger partial charge in [0.2, 0.25) is 0 Å². The molecule has 0 aliphatic carbocycles. The zero-order valence-corrected chi connectivity index (χ0v) is 8.82. The number of halogens is 1. The molecule has 1 aromatic heterocycles. The highest BCUT2D eigenvalue weighted by Gasteiger charge is 2.07. The van der Waals surface area contributed by atoms with Crippen LogP contribution >= 0.6 is 11.6 Å². The molecule has 1 heterocycles. The zero-order chi connectivity index (χ0) is 11.0. The fraction of sp³-hybridized carbons (Fsp3) is 0.200. The van der Waals surface area contributed by atoms with E-state index in [4.69, 9.17) is 17.3 Å². The summed E-state index contributed by atoms with van der Waals surface area (Å²) in [6, 6.07) is 4.74. The number of nitrogens with two attached hydrogens (primary N) is 1. The van der Waals surface area contributed by atoms with E-state index in [2.05, 4.69) is 9.97 Å². The van der Waals surface area contributed by atoms with Crippen molar-refractivity contribution in [3.05, 3.63) is 29.0 Å². The summed E-state index contributed by atoms with van der Waals surface area (Å²) in [6.45, 7) is 1.73. The number of rotatable bonds is 1. The van der Waals surface area contributed by atoms with Gasteiger partial charge in [-0.1, -0.05) is 17.7 Å². The molecule has 0 saturated heterocycles. The van der Waals surface area contributed by atoms with Crippen LogP contribution in [-0.2, 0) is 0 Å². The first-order valence-corrected chi connectivity index (χ1v) is 4.86. The minimum Gasteiger partial charge on any atom is -0.858 e. The Hall–Kier alpha value is -1.39. The molecule has 1 unspecified atom stereocenters. The Morgan fingerprint density at radius 3 is 2.80 bits per heavy atom. The van der Waals surface area contributed by atoms with Crippen molar-refractivity contribution < 1.29 is 5.11 Å². The molecule has 0 amide bonds. The average Bonchev–Trinajstić information content (AvgIpc) is 2.17. The van der Waals surface area contributed by atoms with Crippen molar-refractivity contribution in [3.63, 3.8) is 0 Å². The van der Waals surface area contributed by atoms with E-state index in [-0.39, 0.29) is 11.9 Å². The lowest BCUT2D eigenvalue weighted by molar-refractivity contribution is -0.272. The first-order chi connectivity index (χ1) is 7.09. The van der Waals surface area contributed by atoms with Crippen molar-refractivity contribution in [2.45, 2.75) is 13.0 Å². The van der Waals surface area contributed by atoms with Gasteiger partial charge in [-0.05, 0) is 19.1 Å². The van der Waals surface area contributed by atoms with Crippen molar-refractivity contribution in [1.82, 2.24) is 9.97 Å². The normalized spacial score (nSPS) is 13.0. The van der Waals surface area contributed by atoms with E-state index in [0.29, 0.717) is 21.7 Å². The predicted molar refractivity (Wildman–Crippen MR) is 56.6 cm³/mol. The van der Waals surface area contributed by atoms with Gasteiger partial charge in [-0.2, -0.15) is 0 Å². The van der Waals surface area contributed by atoms with E-state index in [9.17, 15) is 5.11 Å². The van der Waals surface area contributed by atoms with Gasteiger partial charge in [-0.25, -0.2) is 9.97 Å². The fourth-order valence-corrected chi connectivity index (χ4v) is 1.58. The maximum absolute atomic E-state index is 11.6. The smallest absolute Gasteiger partial charge is 0.144 e. The van der Waals surface area contributed by atoms with Gasteiger partial charge in [0, 0.05) is 11.3 Å². The van der Waals surface area contributed by atoms with E-state index < -0.39 is 0 Å². The molecule has 0 saturated carbocycles. The number of hydrogen-bond donors (Lipinski definition) is 1. The maximum Gasteiger partial charge on any atom is 0.144 e. The molecule has 2 aromatic rings. The molecule has 2 rings (SSSR count). The monoisotopic (exact) mass is 222 g/mol. The Morgan fingerprint density at radius 2 is 2.13 bits per heavy atom. The topological polar surface area (TPSA) is 74.9 Å². The number of aromatic nitrogens is 2. The molecule has 1 aromatic carbocycles. The average molecular weight is 223 g/mol. The molecule has 0 aliphatic rings. The van der Waals surface area contributed by atoms with Crippen LogP contribution in [0.3, 0.4) is 0 Å². The first kappa shape index (κ1) is 10.1. The Labute approximate surface area is 91.7 Å². The van der Waals surface area contributed by atoms with Gasteiger partial charge in [-0.3, -0.25) is 0 Å². The second-order valence-electron chi connectivity index (χ2n) is 3.31. The first-order valence-electron chi connectivity index (χ1n) is 4.48. The third-order valence-corrected chi connectivity index (χ3v) is 2.38. The molecule has 0 radical (unpaired) electrons. The number of benzene rings is 1. The second kappa shape index (κ2) is 3.64. The van der Waals surface area contributed by atoms with Gasteiger partial charge in [0.05, 0.1) is 16.6 Å². The van der Waals surface area contributed by atoms with Gasteiger partial charge in [-0.15, -0.1) is 0 Å². The van der Waals surface area contributed by atoms with Gasteiger partial charge >= 0.3 is 0 Å². The molecule has 1 atom stereocenters. The number of fused-ring (bicyclic) bond motifs is 1. The molecular weight excluding hydrogens is 214 g/mol. The van der Waals surface area contributed by atoms with Crippen LogP contribution in [0.4, 0.5) is 0 Å². The second-order valence-corrected chi connectivity index (χ2v) is 3.72. The minimum atomic E-state index is -0.377. The highest BCUT2D eigenvalue weighted by molar-refractivity contribution is 6.35. The Bertz CT molecular complexity index is 513. The quantitative estimate of drug-likeness (QED) is 0.791. The van der Waals surface area contributed by atoms with Crippen LogP contribution in [0, 0.1) is 0 Å². The summed E-state index contributed by atoms with van der Waals surface area (Å²) >= 11 is 5.88. The lowest BCUT2D eigenvalue weighted by Gasteiger charge is -2.13. The maximum atomic E-state index is 11.6. The lowest BCUT2D eigenvalue weighted by Crippen LogP contribution is -2.12. The van der Waals surface area contributed by atoms with Gasteiger partial charge in [0.1, 0.15) is 5.82 Å². The summed E-state index contributed by atoms with van der Waals surface area (Å²) in [4.78, 5) is 7.96. The minimum absolute atomic E-state index is 0.342. The van der Waals surface area contributed by atoms with Crippen LogP contribution in [-0.4, -0.2) is 9.97 Å². The molecule has 78 valence electrons.